The van der Waals surface area contributed by atoms with Crippen LogP contribution < -0.4 is 15.5 Å². The first-order chi connectivity index (χ1) is 23.1. The van der Waals surface area contributed by atoms with Crippen LogP contribution in [0.5, 0.6) is 0 Å². The van der Waals surface area contributed by atoms with Crippen LogP contribution in [0.4, 0.5) is 29.2 Å². The standard InChI is InChI=1S/C33H26F4N10O/c1-32(47-31(48)42-43-44-47,25-9-6-23(34)17-26(25)35)33(36,37)29-11-5-22(19-39-29)21-3-7-24(8-4-21)45-12-14-46(15-13-45)30-40-27-10-2-20(18-38)16-28(27)41-30/h2-11,16-17,19H,12-15H2,1H3,(H,40,41)(H,42,44,48)/t32-/m1/s1. The molecule has 48 heavy (non-hydrogen) atoms. The van der Waals surface area contributed by atoms with E-state index in [1.54, 1.807) is 12.1 Å². The van der Waals surface area contributed by atoms with E-state index in [9.17, 15) is 13.6 Å². The predicted octanol–water partition coefficient (Wildman–Crippen LogP) is 4.94. The molecule has 1 atom stereocenters. The first-order valence-corrected chi connectivity index (χ1v) is 14.9. The first kappa shape index (κ1) is 30.6. The summed E-state index contributed by atoms with van der Waals surface area (Å²) in [6.45, 7) is 3.87. The number of alkyl halides is 2. The summed E-state index contributed by atoms with van der Waals surface area (Å²) in [7, 11) is 0. The van der Waals surface area contributed by atoms with Crippen LogP contribution in [0.25, 0.3) is 22.2 Å². The molecule has 3 aromatic heterocycles. The monoisotopic (exact) mass is 654 g/mol. The second-order valence-corrected chi connectivity index (χ2v) is 11.5. The Bertz CT molecular complexity index is 2210. The van der Waals surface area contributed by atoms with E-state index in [1.807, 2.05) is 35.4 Å². The molecule has 0 saturated carbocycles. The minimum Gasteiger partial charge on any atom is -0.368 e. The van der Waals surface area contributed by atoms with Crippen LogP contribution >= 0.6 is 0 Å². The molecular weight excluding hydrogens is 628 g/mol. The number of anilines is 2. The summed E-state index contributed by atoms with van der Waals surface area (Å²) in [6, 6.07) is 19.8. The first-order valence-electron chi connectivity index (χ1n) is 14.9. The van der Waals surface area contributed by atoms with Gasteiger partial charge in [-0.05, 0) is 65.4 Å². The average molecular weight is 655 g/mol. The van der Waals surface area contributed by atoms with Crippen molar-refractivity contribution in [2.24, 2.45) is 0 Å². The molecule has 2 N–H and O–H groups in total. The molecule has 4 heterocycles. The van der Waals surface area contributed by atoms with Crippen molar-refractivity contribution in [3.8, 4) is 17.2 Å². The van der Waals surface area contributed by atoms with Crippen molar-refractivity contribution in [3.63, 3.8) is 0 Å². The highest BCUT2D eigenvalue weighted by molar-refractivity contribution is 5.79. The number of nitrogens with zero attached hydrogens (tertiary/aromatic N) is 8. The molecular formula is C33H26F4N10O. The second kappa shape index (κ2) is 11.6. The van der Waals surface area contributed by atoms with Crippen LogP contribution in [0, 0.1) is 23.0 Å². The highest BCUT2D eigenvalue weighted by Crippen LogP contribution is 2.47. The highest BCUT2D eigenvalue weighted by Gasteiger charge is 2.58. The van der Waals surface area contributed by atoms with Crippen LogP contribution in [0.15, 0.2) is 83.8 Å². The maximum absolute atomic E-state index is 16.3. The number of nitriles is 1. The zero-order valence-electron chi connectivity index (χ0n) is 25.3. The molecule has 0 radical (unpaired) electrons. The van der Waals surface area contributed by atoms with E-state index >= 15 is 8.78 Å². The van der Waals surface area contributed by atoms with E-state index in [2.05, 4.69) is 41.2 Å². The lowest BCUT2D eigenvalue weighted by molar-refractivity contribution is -0.104. The molecule has 0 aliphatic carbocycles. The topological polar surface area (TPSA) is 135 Å². The number of hydrogen-bond acceptors (Lipinski definition) is 8. The molecule has 11 nitrogen and oxygen atoms in total. The van der Waals surface area contributed by atoms with Gasteiger partial charge in [-0.1, -0.05) is 24.3 Å². The molecule has 1 saturated heterocycles. The number of halogens is 4. The van der Waals surface area contributed by atoms with Gasteiger partial charge in [0.15, 0.2) is 5.54 Å². The smallest absolute Gasteiger partial charge is 0.362 e. The van der Waals surface area contributed by atoms with E-state index in [0.717, 1.165) is 79.5 Å². The summed E-state index contributed by atoms with van der Waals surface area (Å²) in [4.78, 5) is 28.8. The van der Waals surface area contributed by atoms with Crippen molar-refractivity contribution in [2.45, 2.75) is 18.4 Å². The van der Waals surface area contributed by atoms with Crippen LogP contribution in [-0.2, 0) is 11.5 Å². The van der Waals surface area contributed by atoms with Gasteiger partial charge < -0.3 is 14.8 Å². The van der Waals surface area contributed by atoms with Crippen LogP contribution in [0.2, 0.25) is 0 Å². The normalized spacial score (nSPS) is 15.0. The van der Waals surface area contributed by atoms with Crippen molar-refractivity contribution in [1.82, 2.24) is 35.2 Å². The van der Waals surface area contributed by atoms with E-state index in [1.165, 1.54) is 12.3 Å². The zero-order chi connectivity index (χ0) is 33.6. The summed E-state index contributed by atoms with van der Waals surface area (Å²) >= 11 is 0. The predicted molar refractivity (Wildman–Crippen MR) is 169 cm³/mol. The van der Waals surface area contributed by atoms with Gasteiger partial charge in [0.25, 0.3) is 0 Å². The Balaban J connectivity index is 1.08. The quantitative estimate of drug-likeness (QED) is 0.231. The van der Waals surface area contributed by atoms with Gasteiger partial charge >= 0.3 is 11.6 Å². The molecule has 0 spiro atoms. The Morgan fingerprint density at radius 2 is 1.62 bits per heavy atom. The van der Waals surface area contributed by atoms with Gasteiger partial charge in [0.2, 0.25) is 5.95 Å². The summed E-state index contributed by atoms with van der Waals surface area (Å²) in [5.74, 6) is -5.49. The highest BCUT2D eigenvalue weighted by atomic mass is 19.3. The number of tetrazole rings is 1. The minimum absolute atomic E-state index is 0.333. The Kier molecular flexibility index (Phi) is 7.42. The van der Waals surface area contributed by atoms with E-state index in [4.69, 9.17) is 5.26 Å². The van der Waals surface area contributed by atoms with Gasteiger partial charge in [-0.25, -0.2) is 23.7 Å². The number of aromatic amines is 2. The fraction of sp³-hybridized carbons (Fsp3) is 0.212. The molecule has 15 heteroatoms. The third-order valence-corrected chi connectivity index (χ3v) is 8.79. The largest absolute Gasteiger partial charge is 0.368 e. The molecule has 0 unspecified atom stereocenters. The molecule has 3 aromatic carbocycles. The Labute approximate surface area is 270 Å². The Morgan fingerprint density at radius 3 is 2.27 bits per heavy atom. The number of benzene rings is 3. The van der Waals surface area contributed by atoms with E-state index in [-0.39, 0.29) is 0 Å². The molecule has 0 amide bonds. The van der Waals surface area contributed by atoms with Gasteiger partial charge in [-0.3, -0.25) is 4.98 Å². The number of piperazine rings is 1. The van der Waals surface area contributed by atoms with E-state index in [0.29, 0.717) is 21.9 Å². The van der Waals surface area contributed by atoms with Crippen molar-refractivity contribution in [3.05, 3.63) is 118 Å². The Morgan fingerprint density at radius 1 is 0.896 bits per heavy atom. The number of hydrogen-bond donors (Lipinski definition) is 2. The van der Waals surface area contributed by atoms with Crippen LogP contribution in [-0.4, -0.2) is 61.3 Å². The lowest BCUT2D eigenvalue weighted by atomic mass is 9.83. The fourth-order valence-electron chi connectivity index (χ4n) is 6.05. The van der Waals surface area contributed by atoms with Gasteiger partial charge in [0.1, 0.15) is 17.3 Å². The molecule has 1 fully saturated rings. The van der Waals surface area contributed by atoms with Crippen LogP contribution in [0.3, 0.4) is 0 Å². The Hall–Kier alpha value is -6.04. The van der Waals surface area contributed by atoms with E-state index < -0.39 is 40.0 Å². The lowest BCUT2D eigenvalue weighted by Crippen LogP contribution is -2.52. The maximum atomic E-state index is 16.3. The number of imidazole rings is 1. The third-order valence-electron chi connectivity index (χ3n) is 8.79. The van der Waals surface area contributed by atoms with Gasteiger partial charge in [0, 0.05) is 55.3 Å². The minimum atomic E-state index is -4.00. The number of nitrogens with one attached hydrogen (secondary N) is 2. The molecule has 1 aliphatic heterocycles. The molecule has 1 aliphatic rings. The number of pyridine rings is 1. The van der Waals surface area contributed by atoms with Crippen LogP contribution in [0.1, 0.15) is 23.7 Å². The summed E-state index contributed by atoms with van der Waals surface area (Å²) in [5, 5.41) is 17.9. The van der Waals surface area contributed by atoms with Crippen molar-refractivity contribution in [1.29, 1.82) is 5.26 Å². The number of fused-ring (bicyclic) bond motifs is 1. The molecule has 6 aromatic rings. The molecule has 7 rings (SSSR count). The maximum Gasteiger partial charge on any atom is 0.362 e. The number of aromatic nitrogens is 7. The summed E-state index contributed by atoms with van der Waals surface area (Å²) in [6.07, 6.45) is 1.27. The number of H-pyrrole nitrogens is 2. The summed E-state index contributed by atoms with van der Waals surface area (Å²) < 4.78 is 61.6. The third kappa shape index (κ3) is 5.11. The summed E-state index contributed by atoms with van der Waals surface area (Å²) in [5.41, 5.74) is -0.808. The fourth-order valence-corrected chi connectivity index (χ4v) is 6.05. The van der Waals surface area contributed by atoms with Crippen molar-refractivity contribution >= 4 is 22.7 Å². The molecule has 242 valence electrons. The van der Waals surface area contributed by atoms with Crippen molar-refractivity contribution < 1.29 is 17.6 Å². The van der Waals surface area contributed by atoms with Gasteiger partial charge in [-0.2, -0.15) is 18.7 Å². The number of rotatable bonds is 7. The lowest BCUT2D eigenvalue weighted by Gasteiger charge is -2.36. The van der Waals surface area contributed by atoms with Crippen molar-refractivity contribution in [2.75, 3.05) is 36.0 Å². The SMILES string of the molecule is C[C@](c1ccc(F)cc1F)(n1nn[nH]c1=O)C(F)(F)c1ccc(-c2ccc(N3CCN(c4nc5ccc(C#N)cc5[nH]4)CC3)cc2)cn1. The second-order valence-electron chi connectivity index (χ2n) is 11.5. The average Bonchev–Trinajstić information content (AvgIpc) is 3.74. The molecule has 0 bridgehead atoms. The zero-order valence-corrected chi connectivity index (χ0v) is 25.3. The van der Waals surface area contributed by atoms with Gasteiger partial charge in [-0.15, -0.1) is 0 Å². The van der Waals surface area contributed by atoms with Gasteiger partial charge in [0.05, 0.1) is 22.7 Å².